The summed E-state index contributed by atoms with van der Waals surface area (Å²) >= 11 is 0. The van der Waals surface area contributed by atoms with Crippen molar-refractivity contribution in [3.63, 3.8) is 0 Å². The normalized spacial score (nSPS) is 11.7. The summed E-state index contributed by atoms with van der Waals surface area (Å²) in [5.41, 5.74) is -2.94. The van der Waals surface area contributed by atoms with Crippen LogP contribution in [0, 0.1) is 17.5 Å². The van der Waals surface area contributed by atoms with Gasteiger partial charge in [0.1, 0.15) is 17.1 Å². The standard InChI is InChI=1S/C29H38F6O2/c1-3-5-7-9-11-13-19-36-23-17-15-21(26(30)25(23)29(33,34)35)22-16-18-24(28(32)27(22)31)37-20-14-12-10-8-6-4-2/h15-18H,3-14,19-20H2,1-2H3. The molecule has 0 fully saturated rings. The number of alkyl halides is 3. The van der Waals surface area contributed by atoms with Crippen molar-refractivity contribution >= 4 is 0 Å². The van der Waals surface area contributed by atoms with Crippen molar-refractivity contribution in [3.8, 4) is 22.6 Å². The van der Waals surface area contributed by atoms with E-state index in [-0.39, 0.29) is 19.0 Å². The molecule has 0 aliphatic carbocycles. The lowest BCUT2D eigenvalue weighted by Crippen LogP contribution is -2.13. The van der Waals surface area contributed by atoms with E-state index in [2.05, 4.69) is 13.8 Å². The van der Waals surface area contributed by atoms with Gasteiger partial charge in [0.2, 0.25) is 5.82 Å². The van der Waals surface area contributed by atoms with Crippen LogP contribution in [0.5, 0.6) is 11.5 Å². The second-order valence-electron chi connectivity index (χ2n) is 9.27. The molecule has 2 aromatic carbocycles. The van der Waals surface area contributed by atoms with Crippen molar-refractivity contribution in [1.29, 1.82) is 0 Å². The summed E-state index contributed by atoms with van der Waals surface area (Å²) in [5.74, 6) is -5.55. The van der Waals surface area contributed by atoms with Crippen molar-refractivity contribution in [1.82, 2.24) is 0 Å². The molecule has 0 bridgehead atoms. The molecule has 208 valence electrons. The number of ether oxygens (including phenoxy) is 2. The monoisotopic (exact) mass is 532 g/mol. The molecule has 0 aromatic heterocycles. The lowest BCUT2D eigenvalue weighted by molar-refractivity contribution is -0.141. The summed E-state index contributed by atoms with van der Waals surface area (Å²) in [6, 6.07) is 4.08. The van der Waals surface area contributed by atoms with E-state index < -0.39 is 46.1 Å². The van der Waals surface area contributed by atoms with Crippen LogP contribution in [0.3, 0.4) is 0 Å². The topological polar surface area (TPSA) is 18.5 Å². The number of benzene rings is 2. The first-order chi connectivity index (χ1) is 17.7. The van der Waals surface area contributed by atoms with E-state index in [1.165, 1.54) is 0 Å². The van der Waals surface area contributed by atoms with E-state index in [1.807, 2.05) is 0 Å². The van der Waals surface area contributed by atoms with Crippen LogP contribution in [0.2, 0.25) is 0 Å². The van der Waals surface area contributed by atoms with Crippen LogP contribution >= 0.6 is 0 Å². The summed E-state index contributed by atoms with van der Waals surface area (Å²) in [4.78, 5) is 0. The Hall–Kier alpha value is -2.38. The summed E-state index contributed by atoms with van der Waals surface area (Å²) in [6.07, 6.45) is 6.33. The molecule has 0 saturated carbocycles. The summed E-state index contributed by atoms with van der Waals surface area (Å²) in [7, 11) is 0. The van der Waals surface area contributed by atoms with Gasteiger partial charge in [0.15, 0.2) is 11.6 Å². The Morgan fingerprint density at radius 1 is 0.541 bits per heavy atom. The van der Waals surface area contributed by atoms with Gasteiger partial charge in [-0.2, -0.15) is 17.6 Å². The van der Waals surface area contributed by atoms with Crippen molar-refractivity contribution in [2.45, 2.75) is 97.1 Å². The first kappa shape index (κ1) is 30.8. The van der Waals surface area contributed by atoms with E-state index in [4.69, 9.17) is 9.47 Å². The highest BCUT2D eigenvalue weighted by Gasteiger charge is 2.39. The SMILES string of the molecule is CCCCCCCCOc1ccc(-c2ccc(OCCCCCCCC)c(C(F)(F)F)c2F)c(F)c1F. The molecule has 0 spiro atoms. The molecule has 0 radical (unpaired) electrons. The van der Waals surface area contributed by atoms with E-state index in [0.29, 0.717) is 12.8 Å². The zero-order valence-corrected chi connectivity index (χ0v) is 21.8. The van der Waals surface area contributed by atoms with Crippen LogP contribution in [0.25, 0.3) is 11.1 Å². The Labute approximate surface area is 216 Å². The third-order valence-electron chi connectivity index (χ3n) is 6.24. The molecule has 0 saturated heterocycles. The average molecular weight is 533 g/mol. The van der Waals surface area contributed by atoms with E-state index >= 15 is 4.39 Å². The minimum Gasteiger partial charge on any atom is -0.493 e. The van der Waals surface area contributed by atoms with Crippen molar-refractivity contribution in [3.05, 3.63) is 47.3 Å². The molecule has 0 aliphatic rings. The Bertz CT molecular complexity index is 958. The lowest BCUT2D eigenvalue weighted by Gasteiger charge is -2.18. The molecule has 0 unspecified atom stereocenters. The maximum absolute atomic E-state index is 15.1. The van der Waals surface area contributed by atoms with E-state index in [0.717, 1.165) is 88.5 Å². The highest BCUT2D eigenvalue weighted by Crippen LogP contribution is 2.43. The maximum atomic E-state index is 15.1. The van der Waals surface area contributed by atoms with Crippen LogP contribution in [-0.4, -0.2) is 13.2 Å². The zero-order valence-electron chi connectivity index (χ0n) is 21.8. The predicted octanol–water partition coefficient (Wildman–Crippen LogP) is 10.3. The first-order valence-corrected chi connectivity index (χ1v) is 13.4. The van der Waals surface area contributed by atoms with Crippen molar-refractivity contribution in [2.75, 3.05) is 13.2 Å². The zero-order chi connectivity index (χ0) is 27.3. The molecule has 0 atom stereocenters. The molecule has 8 heteroatoms. The van der Waals surface area contributed by atoms with Gasteiger partial charge >= 0.3 is 6.18 Å². The fraction of sp³-hybridized carbons (Fsp3) is 0.586. The van der Waals surface area contributed by atoms with Gasteiger partial charge in [0.25, 0.3) is 0 Å². The maximum Gasteiger partial charge on any atom is 0.422 e. The highest BCUT2D eigenvalue weighted by atomic mass is 19.4. The number of rotatable bonds is 17. The minimum absolute atomic E-state index is 0.00161. The van der Waals surface area contributed by atoms with Gasteiger partial charge in [-0.25, -0.2) is 8.78 Å². The van der Waals surface area contributed by atoms with E-state index in [9.17, 15) is 22.0 Å². The summed E-state index contributed by atoms with van der Waals surface area (Å²) < 4.78 is 96.3. The number of hydrogen-bond donors (Lipinski definition) is 0. The Morgan fingerprint density at radius 2 is 0.973 bits per heavy atom. The van der Waals surface area contributed by atoms with Crippen LogP contribution < -0.4 is 9.47 Å². The van der Waals surface area contributed by atoms with Crippen LogP contribution in [0.15, 0.2) is 24.3 Å². The molecule has 2 nitrogen and oxygen atoms in total. The molecule has 0 amide bonds. The largest absolute Gasteiger partial charge is 0.493 e. The average Bonchev–Trinajstić information content (AvgIpc) is 2.85. The van der Waals surface area contributed by atoms with Crippen LogP contribution in [-0.2, 0) is 6.18 Å². The molecule has 0 heterocycles. The Morgan fingerprint density at radius 3 is 1.49 bits per heavy atom. The van der Waals surface area contributed by atoms with Gasteiger partial charge in [0, 0.05) is 11.1 Å². The first-order valence-electron chi connectivity index (χ1n) is 13.4. The lowest BCUT2D eigenvalue weighted by atomic mass is 10.00. The predicted molar refractivity (Wildman–Crippen MR) is 134 cm³/mol. The number of halogens is 6. The molecule has 2 rings (SSSR count). The van der Waals surface area contributed by atoms with Gasteiger partial charge in [-0.15, -0.1) is 0 Å². The van der Waals surface area contributed by atoms with Gasteiger partial charge in [0.05, 0.1) is 13.2 Å². The quantitative estimate of drug-likeness (QED) is 0.149. The smallest absolute Gasteiger partial charge is 0.422 e. The van der Waals surface area contributed by atoms with Gasteiger partial charge < -0.3 is 9.47 Å². The van der Waals surface area contributed by atoms with Crippen LogP contribution in [0.1, 0.15) is 96.5 Å². The van der Waals surface area contributed by atoms with Crippen LogP contribution in [0.4, 0.5) is 26.3 Å². The van der Waals surface area contributed by atoms with Gasteiger partial charge in [-0.1, -0.05) is 78.1 Å². The fourth-order valence-corrected chi connectivity index (χ4v) is 4.13. The van der Waals surface area contributed by atoms with Crippen molar-refractivity contribution in [2.24, 2.45) is 0 Å². The number of unbranched alkanes of at least 4 members (excludes halogenated alkanes) is 10. The third kappa shape index (κ3) is 9.46. The molecule has 0 aliphatic heterocycles. The summed E-state index contributed by atoms with van der Waals surface area (Å²) in [6.45, 7) is 4.37. The van der Waals surface area contributed by atoms with Gasteiger partial charge in [-0.05, 0) is 37.1 Å². The molecule has 0 N–H and O–H groups in total. The van der Waals surface area contributed by atoms with Crippen molar-refractivity contribution < 1.29 is 35.8 Å². The third-order valence-corrected chi connectivity index (χ3v) is 6.24. The minimum atomic E-state index is -5.08. The van der Waals surface area contributed by atoms with E-state index in [1.54, 1.807) is 0 Å². The second-order valence-corrected chi connectivity index (χ2v) is 9.27. The highest BCUT2D eigenvalue weighted by molar-refractivity contribution is 5.68. The van der Waals surface area contributed by atoms with Gasteiger partial charge in [-0.3, -0.25) is 0 Å². The Kier molecular flexibility index (Phi) is 13.1. The molecular weight excluding hydrogens is 494 g/mol. The molecule has 37 heavy (non-hydrogen) atoms. The molecular formula is C29H38F6O2. The fourth-order valence-electron chi connectivity index (χ4n) is 4.13. The second kappa shape index (κ2) is 15.8. The summed E-state index contributed by atoms with van der Waals surface area (Å²) in [5, 5.41) is 0. The number of hydrogen-bond acceptors (Lipinski definition) is 2. The molecule has 2 aromatic rings. The Balaban J connectivity index is 2.13.